The van der Waals surface area contributed by atoms with Crippen LogP contribution in [0.25, 0.3) is 0 Å². The summed E-state index contributed by atoms with van der Waals surface area (Å²) in [6.45, 7) is 3.12. The largest absolute Gasteiger partial charge is 0.494 e. The van der Waals surface area contributed by atoms with Crippen molar-refractivity contribution in [3.63, 3.8) is 0 Å². The molecule has 1 heterocycles. The standard InChI is InChI=1S/C14H20FNOS/c1-10(16-9-12-4-3-7-18-12)11-5-6-13(15)14(8-11)17-2/h5-6,8,10,12,16H,3-4,7,9H2,1-2H3. The Morgan fingerprint density at radius 2 is 2.39 bits per heavy atom. The number of rotatable bonds is 5. The summed E-state index contributed by atoms with van der Waals surface area (Å²) in [5, 5.41) is 4.24. The van der Waals surface area contributed by atoms with Gasteiger partial charge < -0.3 is 10.1 Å². The van der Waals surface area contributed by atoms with Crippen molar-refractivity contribution in [1.29, 1.82) is 0 Å². The lowest BCUT2D eigenvalue weighted by molar-refractivity contribution is 0.385. The summed E-state index contributed by atoms with van der Waals surface area (Å²) in [7, 11) is 1.50. The first-order valence-electron chi connectivity index (χ1n) is 6.39. The van der Waals surface area contributed by atoms with E-state index in [4.69, 9.17) is 4.74 Å². The molecule has 2 atom stereocenters. The highest BCUT2D eigenvalue weighted by Gasteiger charge is 2.17. The van der Waals surface area contributed by atoms with Gasteiger partial charge in [-0.05, 0) is 43.2 Å². The summed E-state index contributed by atoms with van der Waals surface area (Å²) < 4.78 is 18.3. The van der Waals surface area contributed by atoms with Gasteiger partial charge >= 0.3 is 0 Å². The molecule has 1 aromatic carbocycles. The van der Waals surface area contributed by atoms with Gasteiger partial charge in [0.05, 0.1) is 7.11 Å². The van der Waals surface area contributed by atoms with Gasteiger partial charge in [0, 0.05) is 17.8 Å². The Labute approximate surface area is 112 Å². The number of halogens is 1. The molecule has 2 nitrogen and oxygen atoms in total. The van der Waals surface area contributed by atoms with Crippen LogP contribution in [0.4, 0.5) is 4.39 Å². The molecule has 1 aliphatic rings. The van der Waals surface area contributed by atoms with E-state index in [9.17, 15) is 4.39 Å². The van der Waals surface area contributed by atoms with Crippen molar-refractivity contribution >= 4 is 11.8 Å². The summed E-state index contributed by atoms with van der Waals surface area (Å²) in [5.74, 6) is 1.29. The molecule has 0 bridgehead atoms. The summed E-state index contributed by atoms with van der Waals surface area (Å²) in [6.07, 6.45) is 2.63. The normalized spacial score (nSPS) is 20.9. The van der Waals surface area contributed by atoms with Crippen molar-refractivity contribution in [2.24, 2.45) is 0 Å². The van der Waals surface area contributed by atoms with E-state index in [0.717, 1.165) is 17.4 Å². The molecular formula is C14H20FNOS. The van der Waals surface area contributed by atoms with Gasteiger partial charge in [-0.15, -0.1) is 0 Å². The van der Waals surface area contributed by atoms with E-state index in [1.807, 2.05) is 17.8 Å². The molecule has 2 unspecified atom stereocenters. The molecule has 0 amide bonds. The maximum Gasteiger partial charge on any atom is 0.165 e. The fourth-order valence-electron chi connectivity index (χ4n) is 2.18. The van der Waals surface area contributed by atoms with Gasteiger partial charge in [0.2, 0.25) is 0 Å². The average molecular weight is 269 g/mol. The molecule has 1 aliphatic heterocycles. The van der Waals surface area contributed by atoms with Crippen LogP contribution in [-0.4, -0.2) is 24.7 Å². The number of methoxy groups -OCH3 is 1. The second-order valence-electron chi connectivity index (χ2n) is 4.66. The van der Waals surface area contributed by atoms with E-state index < -0.39 is 0 Å². The lowest BCUT2D eigenvalue weighted by Gasteiger charge is -2.17. The predicted molar refractivity (Wildman–Crippen MR) is 74.8 cm³/mol. The van der Waals surface area contributed by atoms with Crippen molar-refractivity contribution in [2.75, 3.05) is 19.4 Å². The van der Waals surface area contributed by atoms with Crippen LogP contribution in [0.3, 0.4) is 0 Å². The van der Waals surface area contributed by atoms with E-state index in [2.05, 4.69) is 12.2 Å². The Kier molecular flexibility index (Phi) is 4.89. The first-order valence-corrected chi connectivity index (χ1v) is 7.44. The van der Waals surface area contributed by atoms with Crippen LogP contribution < -0.4 is 10.1 Å². The molecule has 0 aromatic heterocycles. The molecule has 1 N–H and O–H groups in total. The third-order valence-electron chi connectivity index (χ3n) is 3.35. The van der Waals surface area contributed by atoms with Crippen LogP contribution in [-0.2, 0) is 0 Å². The first-order chi connectivity index (χ1) is 8.70. The zero-order valence-electron chi connectivity index (χ0n) is 10.9. The summed E-state index contributed by atoms with van der Waals surface area (Å²) >= 11 is 2.04. The molecule has 1 aromatic rings. The minimum Gasteiger partial charge on any atom is -0.494 e. The number of benzene rings is 1. The monoisotopic (exact) mass is 269 g/mol. The van der Waals surface area contributed by atoms with Gasteiger partial charge in [0.1, 0.15) is 0 Å². The van der Waals surface area contributed by atoms with Gasteiger partial charge in [-0.3, -0.25) is 0 Å². The molecule has 100 valence electrons. The summed E-state index contributed by atoms with van der Waals surface area (Å²) in [4.78, 5) is 0. The number of ether oxygens (including phenoxy) is 1. The Bertz CT molecular complexity index is 393. The van der Waals surface area contributed by atoms with Crippen molar-refractivity contribution in [3.05, 3.63) is 29.6 Å². The highest BCUT2D eigenvalue weighted by molar-refractivity contribution is 8.00. The van der Waals surface area contributed by atoms with Crippen LogP contribution in [0.1, 0.15) is 31.4 Å². The van der Waals surface area contributed by atoms with Gasteiger partial charge in [-0.1, -0.05) is 6.07 Å². The summed E-state index contributed by atoms with van der Waals surface area (Å²) in [6, 6.07) is 5.28. The number of hydrogen-bond donors (Lipinski definition) is 1. The second kappa shape index (κ2) is 6.43. The van der Waals surface area contributed by atoms with Crippen LogP contribution >= 0.6 is 11.8 Å². The predicted octanol–water partition coefficient (Wildman–Crippen LogP) is 3.38. The summed E-state index contributed by atoms with van der Waals surface area (Å²) in [5.41, 5.74) is 1.07. The molecule has 18 heavy (non-hydrogen) atoms. The van der Waals surface area contributed by atoms with E-state index in [-0.39, 0.29) is 11.9 Å². The minimum atomic E-state index is -0.306. The Hall–Kier alpha value is -0.740. The molecule has 2 rings (SSSR count). The number of thioether (sulfide) groups is 1. The van der Waals surface area contributed by atoms with E-state index >= 15 is 0 Å². The second-order valence-corrected chi connectivity index (χ2v) is 6.07. The Balaban J connectivity index is 1.93. The molecule has 0 radical (unpaired) electrons. The van der Waals surface area contributed by atoms with Crippen LogP contribution in [0, 0.1) is 5.82 Å². The highest BCUT2D eigenvalue weighted by atomic mass is 32.2. The van der Waals surface area contributed by atoms with Crippen LogP contribution in [0.2, 0.25) is 0 Å². The van der Waals surface area contributed by atoms with Crippen LogP contribution in [0.5, 0.6) is 5.75 Å². The van der Waals surface area contributed by atoms with Gasteiger partial charge in [0.15, 0.2) is 11.6 Å². The topological polar surface area (TPSA) is 21.3 Å². The molecule has 4 heteroatoms. The Morgan fingerprint density at radius 1 is 1.56 bits per heavy atom. The van der Waals surface area contributed by atoms with Crippen molar-refractivity contribution < 1.29 is 9.13 Å². The molecule has 0 spiro atoms. The van der Waals surface area contributed by atoms with E-state index in [0.29, 0.717) is 5.75 Å². The molecular weight excluding hydrogens is 249 g/mol. The molecule has 1 fully saturated rings. The molecule has 1 saturated heterocycles. The molecule has 0 saturated carbocycles. The van der Waals surface area contributed by atoms with Gasteiger partial charge in [-0.2, -0.15) is 11.8 Å². The number of nitrogens with one attached hydrogen (secondary N) is 1. The zero-order chi connectivity index (χ0) is 13.0. The first kappa shape index (κ1) is 13.7. The van der Waals surface area contributed by atoms with Gasteiger partial charge in [-0.25, -0.2) is 4.39 Å². The quantitative estimate of drug-likeness (QED) is 0.885. The highest BCUT2D eigenvalue weighted by Crippen LogP contribution is 2.27. The Morgan fingerprint density at radius 3 is 3.06 bits per heavy atom. The van der Waals surface area contributed by atoms with Gasteiger partial charge in [0.25, 0.3) is 0 Å². The lowest BCUT2D eigenvalue weighted by Crippen LogP contribution is -2.26. The average Bonchev–Trinajstić information content (AvgIpc) is 2.89. The van der Waals surface area contributed by atoms with Crippen molar-refractivity contribution in [1.82, 2.24) is 5.32 Å². The fourth-order valence-corrected chi connectivity index (χ4v) is 3.39. The lowest BCUT2D eigenvalue weighted by atomic mass is 10.1. The smallest absolute Gasteiger partial charge is 0.165 e. The maximum absolute atomic E-state index is 13.3. The maximum atomic E-state index is 13.3. The third kappa shape index (κ3) is 3.39. The molecule has 0 aliphatic carbocycles. The number of hydrogen-bond acceptors (Lipinski definition) is 3. The zero-order valence-corrected chi connectivity index (χ0v) is 11.7. The SMILES string of the molecule is COc1cc(C(C)NCC2CCCS2)ccc1F. The fraction of sp³-hybridized carbons (Fsp3) is 0.571. The van der Waals surface area contributed by atoms with Crippen molar-refractivity contribution in [3.8, 4) is 5.75 Å². The van der Waals surface area contributed by atoms with Crippen molar-refractivity contribution in [2.45, 2.75) is 31.1 Å². The van der Waals surface area contributed by atoms with E-state index in [1.54, 1.807) is 6.07 Å². The van der Waals surface area contributed by atoms with Crippen LogP contribution in [0.15, 0.2) is 18.2 Å². The minimum absolute atomic E-state index is 0.223. The third-order valence-corrected chi connectivity index (χ3v) is 4.75. The van der Waals surface area contributed by atoms with E-state index in [1.165, 1.54) is 31.8 Å².